The van der Waals surface area contributed by atoms with Crippen LogP contribution in [-0.2, 0) is 25.6 Å². The van der Waals surface area contributed by atoms with Gasteiger partial charge in [-0.1, -0.05) is 78.1 Å². The Morgan fingerprint density at radius 1 is 1.11 bits per heavy atom. The molecule has 2 saturated heterocycles. The van der Waals surface area contributed by atoms with Gasteiger partial charge >= 0.3 is 0 Å². The summed E-state index contributed by atoms with van der Waals surface area (Å²) in [4.78, 5) is 14.5. The molecule has 0 spiro atoms. The molecule has 0 aliphatic carbocycles. The summed E-state index contributed by atoms with van der Waals surface area (Å²) in [6.07, 6.45) is 1.36. The normalized spacial score (nSPS) is 26.8. The maximum Gasteiger partial charge on any atom is 0.276 e. The molecule has 4 rings (SSSR count). The minimum absolute atomic E-state index is 0.00721. The molecule has 2 aromatic carbocycles. The third-order valence-electron chi connectivity index (χ3n) is 7.09. The number of carbonyl (C=O) groups excluding carboxylic acids is 1. The number of amides is 1. The first-order valence-corrected chi connectivity index (χ1v) is 13.5. The molecule has 1 amide bonds. The fraction of sp³-hybridized carbons (Fsp3) is 0.519. The summed E-state index contributed by atoms with van der Waals surface area (Å²) in [5.41, 5.74) is 3.19. The Kier molecular flexibility index (Phi) is 9.75. The molecule has 2 aliphatic heterocycles. The number of alkyl halides is 3. The molecule has 2 N–H and O–H groups in total. The van der Waals surface area contributed by atoms with E-state index in [1.54, 1.807) is 19.2 Å². The number of hydrogen-bond acceptors (Lipinski definition) is 6. The van der Waals surface area contributed by atoms with Crippen molar-refractivity contribution in [1.29, 1.82) is 0 Å². The lowest BCUT2D eigenvalue weighted by atomic mass is 9.90. The largest absolute Gasteiger partial charge is 0.392 e. The Balaban J connectivity index is 1.56. The number of rotatable bonds is 8. The second-order valence-corrected chi connectivity index (χ2v) is 11.9. The SMILES string of the molecule is COC[C@@H]1CCCN1C[C@@H]1O[C@H](c2ccc(NC(=O)C(Cl)(Cl)Cl)cc2)O[C@H](c2ccc(CO)cc2)[C@@H]1C. The number of anilines is 1. The van der Waals surface area contributed by atoms with Crippen molar-refractivity contribution in [3.8, 4) is 0 Å². The lowest BCUT2D eigenvalue weighted by molar-refractivity contribution is -0.276. The molecule has 2 aliphatic rings. The number of nitrogens with one attached hydrogen (secondary N) is 1. The van der Waals surface area contributed by atoms with Crippen molar-refractivity contribution < 1.29 is 24.1 Å². The molecule has 202 valence electrons. The van der Waals surface area contributed by atoms with Gasteiger partial charge in [0, 0.05) is 36.9 Å². The number of carbonyl (C=O) groups is 1. The number of aliphatic hydroxyl groups excluding tert-OH is 1. The second kappa shape index (κ2) is 12.6. The fourth-order valence-electron chi connectivity index (χ4n) is 5.00. The van der Waals surface area contributed by atoms with Gasteiger partial charge in [0.05, 0.1) is 25.4 Å². The van der Waals surface area contributed by atoms with Crippen LogP contribution in [0.4, 0.5) is 5.69 Å². The van der Waals surface area contributed by atoms with Gasteiger partial charge in [-0.05, 0) is 42.6 Å². The maximum atomic E-state index is 12.0. The smallest absolute Gasteiger partial charge is 0.276 e. The van der Waals surface area contributed by atoms with Crippen LogP contribution in [0.2, 0.25) is 0 Å². The van der Waals surface area contributed by atoms with Crippen LogP contribution >= 0.6 is 34.8 Å². The summed E-state index contributed by atoms with van der Waals surface area (Å²) in [5.74, 6) is -0.644. The summed E-state index contributed by atoms with van der Waals surface area (Å²) < 4.78 is 16.5. The number of hydrogen-bond donors (Lipinski definition) is 2. The van der Waals surface area contributed by atoms with E-state index < -0.39 is 16.0 Å². The third-order valence-corrected chi connectivity index (χ3v) is 7.61. The first-order valence-electron chi connectivity index (χ1n) is 12.4. The average molecular weight is 572 g/mol. The Morgan fingerprint density at radius 2 is 1.78 bits per heavy atom. The molecule has 0 saturated carbocycles. The Bertz CT molecular complexity index is 1030. The molecule has 0 unspecified atom stereocenters. The Morgan fingerprint density at radius 3 is 2.41 bits per heavy atom. The molecule has 7 nitrogen and oxygen atoms in total. The molecule has 2 aromatic rings. The highest BCUT2D eigenvalue weighted by molar-refractivity contribution is 6.76. The van der Waals surface area contributed by atoms with Crippen molar-refractivity contribution >= 4 is 46.4 Å². The van der Waals surface area contributed by atoms with Crippen LogP contribution < -0.4 is 5.32 Å². The zero-order valence-corrected chi connectivity index (χ0v) is 23.2. The molecule has 2 fully saturated rings. The van der Waals surface area contributed by atoms with Crippen molar-refractivity contribution in [1.82, 2.24) is 4.90 Å². The van der Waals surface area contributed by atoms with E-state index in [4.69, 9.17) is 49.0 Å². The van der Waals surface area contributed by atoms with Crippen molar-refractivity contribution in [2.24, 2.45) is 5.92 Å². The number of aliphatic hydroxyl groups is 1. The van der Waals surface area contributed by atoms with Gasteiger partial charge < -0.3 is 24.6 Å². The molecule has 37 heavy (non-hydrogen) atoms. The molecule has 0 bridgehead atoms. The van der Waals surface area contributed by atoms with Gasteiger partial charge in [0.25, 0.3) is 9.70 Å². The van der Waals surface area contributed by atoms with Crippen LogP contribution in [0.25, 0.3) is 0 Å². The summed E-state index contributed by atoms with van der Waals surface area (Å²) in [6.45, 7) is 4.64. The van der Waals surface area contributed by atoms with E-state index in [1.807, 2.05) is 36.4 Å². The van der Waals surface area contributed by atoms with E-state index in [-0.39, 0.29) is 24.7 Å². The monoisotopic (exact) mass is 570 g/mol. The standard InChI is InChI=1S/C27H33Cl3N2O5/c1-17-23(14-32-13-3-4-22(32)16-35-2)36-25(37-24(17)19-7-5-18(15-33)6-8-19)20-9-11-21(12-10-20)31-26(34)27(28,29)30/h5-12,17,22-25,33H,3-4,13-16H2,1-2H3,(H,31,34)/t17-,22+,23+,24+,25+/m1/s1. The first kappa shape index (κ1) is 28.6. The lowest BCUT2D eigenvalue weighted by Gasteiger charge is -2.43. The third kappa shape index (κ3) is 7.16. The topological polar surface area (TPSA) is 80.3 Å². The zero-order chi connectivity index (χ0) is 26.6. The molecular formula is C27H33Cl3N2O5. The van der Waals surface area contributed by atoms with Crippen LogP contribution in [0.5, 0.6) is 0 Å². The highest BCUT2D eigenvalue weighted by Gasteiger charge is 2.40. The number of likely N-dealkylation sites (tertiary alicyclic amines) is 1. The predicted molar refractivity (Wildman–Crippen MR) is 145 cm³/mol. The average Bonchev–Trinajstić information content (AvgIpc) is 3.32. The molecule has 10 heteroatoms. The maximum absolute atomic E-state index is 12.0. The highest BCUT2D eigenvalue weighted by Crippen LogP contribution is 2.42. The number of benzene rings is 2. The van der Waals surface area contributed by atoms with E-state index in [1.165, 1.54) is 0 Å². The summed E-state index contributed by atoms with van der Waals surface area (Å²) >= 11 is 17.0. The van der Waals surface area contributed by atoms with Gasteiger partial charge in [0.1, 0.15) is 0 Å². The van der Waals surface area contributed by atoms with Crippen molar-refractivity contribution in [3.63, 3.8) is 0 Å². The van der Waals surface area contributed by atoms with Crippen molar-refractivity contribution in [2.75, 3.05) is 32.1 Å². The number of ether oxygens (including phenoxy) is 3. The van der Waals surface area contributed by atoms with Crippen LogP contribution in [0.3, 0.4) is 0 Å². The van der Waals surface area contributed by atoms with Crippen LogP contribution in [0.1, 0.15) is 48.8 Å². The second-order valence-electron chi connectivity index (χ2n) is 9.64. The van der Waals surface area contributed by atoms with Gasteiger partial charge in [0.15, 0.2) is 6.29 Å². The zero-order valence-electron chi connectivity index (χ0n) is 20.9. The van der Waals surface area contributed by atoms with E-state index in [2.05, 4.69) is 17.1 Å². The summed E-state index contributed by atoms with van der Waals surface area (Å²) in [7, 11) is 1.74. The van der Waals surface area contributed by atoms with Crippen molar-refractivity contribution in [3.05, 3.63) is 65.2 Å². The van der Waals surface area contributed by atoms with Crippen LogP contribution in [0.15, 0.2) is 48.5 Å². The Labute approximate surface area is 232 Å². The minimum Gasteiger partial charge on any atom is -0.392 e. The van der Waals surface area contributed by atoms with Crippen molar-refractivity contribution in [2.45, 2.75) is 54.7 Å². The quantitative estimate of drug-likeness (QED) is 0.414. The molecule has 0 aromatic heterocycles. The van der Waals surface area contributed by atoms with E-state index in [0.29, 0.717) is 18.3 Å². The van der Waals surface area contributed by atoms with Gasteiger partial charge in [-0.2, -0.15) is 0 Å². The van der Waals surface area contributed by atoms with E-state index in [0.717, 1.165) is 42.6 Å². The minimum atomic E-state index is -2.05. The first-order chi connectivity index (χ1) is 17.7. The number of halogens is 3. The van der Waals surface area contributed by atoms with E-state index >= 15 is 0 Å². The molecule has 2 heterocycles. The molecular weight excluding hydrogens is 539 g/mol. The van der Waals surface area contributed by atoms with Gasteiger partial charge in [-0.15, -0.1) is 0 Å². The summed E-state index contributed by atoms with van der Waals surface area (Å²) in [5, 5.41) is 12.0. The van der Waals surface area contributed by atoms with Gasteiger partial charge in [-0.25, -0.2) is 0 Å². The van der Waals surface area contributed by atoms with Gasteiger partial charge in [-0.3, -0.25) is 9.69 Å². The number of nitrogens with zero attached hydrogens (tertiary/aromatic N) is 1. The fourth-order valence-corrected chi connectivity index (χ4v) is 5.14. The molecule has 0 radical (unpaired) electrons. The van der Waals surface area contributed by atoms with Crippen LogP contribution in [-0.4, -0.2) is 58.7 Å². The highest BCUT2D eigenvalue weighted by atomic mass is 35.6. The number of methoxy groups -OCH3 is 1. The van der Waals surface area contributed by atoms with Crippen LogP contribution in [0, 0.1) is 5.92 Å². The molecule has 5 atom stereocenters. The lowest BCUT2D eigenvalue weighted by Crippen LogP contribution is -2.46. The predicted octanol–water partition coefficient (Wildman–Crippen LogP) is 5.39. The Hall–Kier alpha value is -1.42. The van der Waals surface area contributed by atoms with Gasteiger partial charge in [0.2, 0.25) is 0 Å². The van der Waals surface area contributed by atoms with E-state index in [9.17, 15) is 9.90 Å². The summed E-state index contributed by atoms with van der Waals surface area (Å²) in [6, 6.07) is 15.3.